The summed E-state index contributed by atoms with van der Waals surface area (Å²) in [5.41, 5.74) is 10.2. The van der Waals surface area contributed by atoms with E-state index in [4.69, 9.17) is 5.73 Å². The number of hydrogen-bond acceptors (Lipinski definition) is 2. The zero-order chi connectivity index (χ0) is 13.6. The number of H-pyrrole nitrogens is 1. The summed E-state index contributed by atoms with van der Waals surface area (Å²) in [5, 5.41) is 1.20. The largest absolute Gasteiger partial charge is 0.358 e. The van der Waals surface area contributed by atoms with E-state index in [1.807, 2.05) is 23.7 Å². The van der Waals surface area contributed by atoms with Crippen LogP contribution in [-0.2, 0) is 13.6 Å². The number of nitrogens with two attached hydrogens (primary N) is 1. The normalized spacial score (nSPS) is 11.4. The van der Waals surface area contributed by atoms with Crippen molar-refractivity contribution in [1.29, 1.82) is 0 Å². The third kappa shape index (κ3) is 1.81. The Morgan fingerprint density at radius 2 is 2.11 bits per heavy atom. The molecule has 0 aliphatic rings. The third-order valence-corrected chi connectivity index (χ3v) is 4.01. The van der Waals surface area contributed by atoms with Crippen LogP contribution < -0.4 is 5.73 Å². The van der Waals surface area contributed by atoms with Crippen LogP contribution in [0.2, 0.25) is 0 Å². The molecule has 5 heteroatoms. The molecule has 0 radical (unpaired) electrons. The first kappa shape index (κ1) is 12.4. The van der Waals surface area contributed by atoms with E-state index in [-0.39, 0.29) is 0 Å². The second-order valence-corrected chi connectivity index (χ2v) is 5.35. The molecule has 0 amide bonds. The van der Waals surface area contributed by atoms with Crippen molar-refractivity contribution in [2.45, 2.75) is 13.5 Å². The average Bonchev–Trinajstić information content (AvgIpc) is 2.86. The van der Waals surface area contributed by atoms with Gasteiger partial charge in [-0.1, -0.05) is 18.2 Å². The van der Waals surface area contributed by atoms with Crippen molar-refractivity contribution in [3.05, 3.63) is 40.4 Å². The molecule has 19 heavy (non-hydrogen) atoms. The van der Waals surface area contributed by atoms with Gasteiger partial charge in [0.1, 0.15) is 10.4 Å². The van der Waals surface area contributed by atoms with Gasteiger partial charge in [-0.05, 0) is 28.9 Å². The molecule has 0 aliphatic heterocycles. The smallest absolute Gasteiger partial charge is 0.132 e. The Hall–Kier alpha value is -1.59. The van der Waals surface area contributed by atoms with Crippen molar-refractivity contribution in [1.82, 2.24) is 14.5 Å². The van der Waals surface area contributed by atoms with Crippen LogP contribution in [0, 0.1) is 6.92 Å². The van der Waals surface area contributed by atoms with E-state index < -0.39 is 0 Å². The first-order chi connectivity index (χ1) is 9.13. The zero-order valence-corrected chi connectivity index (χ0v) is 12.5. The summed E-state index contributed by atoms with van der Waals surface area (Å²) in [5.74, 6) is 0.867. The van der Waals surface area contributed by atoms with E-state index in [1.54, 1.807) is 0 Å². The Labute approximate surface area is 119 Å². The summed E-state index contributed by atoms with van der Waals surface area (Å²) in [6.45, 7) is 2.51. The van der Waals surface area contributed by atoms with E-state index >= 15 is 0 Å². The number of aromatic nitrogens is 3. The first-order valence-corrected chi connectivity index (χ1v) is 6.91. The van der Waals surface area contributed by atoms with Crippen molar-refractivity contribution in [2.75, 3.05) is 0 Å². The van der Waals surface area contributed by atoms with Gasteiger partial charge in [0, 0.05) is 29.2 Å². The maximum Gasteiger partial charge on any atom is 0.132 e. The van der Waals surface area contributed by atoms with Crippen LogP contribution in [0.4, 0.5) is 0 Å². The molecule has 2 heterocycles. The van der Waals surface area contributed by atoms with E-state index in [9.17, 15) is 0 Å². The summed E-state index contributed by atoms with van der Waals surface area (Å²) in [4.78, 5) is 7.89. The number of fused-ring (bicyclic) bond motifs is 1. The van der Waals surface area contributed by atoms with Gasteiger partial charge in [-0.25, -0.2) is 4.98 Å². The lowest BCUT2D eigenvalue weighted by Gasteiger charge is -2.06. The Morgan fingerprint density at radius 3 is 2.79 bits per heavy atom. The number of imidazole rings is 1. The summed E-state index contributed by atoms with van der Waals surface area (Å²) in [6, 6.07) is 8.29. The lowest BCUT2D eigenvalue weighted by Crippen LogP contribution is -2.05. The molecule has 0 bridgehead atoms. The second-order valence-electron chi connectivity index (χ2n) is 4.60. The molecule has 0 saturated heterocycles. The fraction of sp³-hybridized carbons (Fsp3) is 0.214. The Bertz CT molecular complexity index is 754. The van der Waals surface area contributed by atoms with Crippen LogP contribution in [0.5, 0.6) is 0 Å². The number of nitrogens with one attached hydrogen (secondary N) is 1. The van der Waals surface area contributed by atoms with Crippen LogP contribution in [-0.4, -0.2) is 14.5 Å². The van der Waals surface area contributed by atoms with Gasteiger partial charge in [-0.3, -0.25) is 0 Å². The van der Waals surface area contributed by atoms with E-state index in [0.717, 1.165) is 27.3 Å². The molecule has 3 aromatic rings. The van der Waals surface area contributed by atoms with Gasteiger partial charge >= 0.3 is 0 Å². The molecular formula is C14H15BrN4. The topological polar surface area (TPSA) is 59.6 Å². The number of aryl methyl sites for hydroxylation is 1. The van der Waals surface area contributed by atoms with E-state index in [1.165, 1.54) is 10.9 Å². The van der Waals surface area contributed by atoms with Gasteiger partial charge in [0.2, 0.25) is 0 Å². The molecule has 0 spiro atoms. The molecular weight excluding hydrogens is 304 g/mol. The van der Waals surface area contributed by atoms with Crippen molar-refractivity contribution in [2.24, 2.45) is 12.8 Å². The quantitative estimate of drug-likeness (QED) is 0.762. The number of nitrogens with zero attached hydrogens (tertiary/aromatic N) is 2. The molecule has 0 aliphatic carbocycles. The van der Waals surface area contributed by atoms with Crippen LogP contribution in [0.1, 0.15) is 11.5 Å². The van der Waals surface area contributed by atoms with Gasteiger partial charge < -0.3 is 15.3 Å². The molecule has 0 atom stereocenters. The minimum Gasteiger partial charge on any atom is -0.358 e. The highest BCUT2D eigenvalue weighted by molar-refractivity contribution is 9.10. The first-order valence-electron chi connectivity index (χ1n) is 6.12. The molecule has 2 aromatic heterocycles. The standard InChI is InChI=1S/C14H15BrN4/c1-8-12(9-5-3-4-6-10(9)17-8)13-14(15)18-11(7-16)19(13)2/h3-6,17H,7,16H2,1-2H3. The minimum atomic E-state index is 0.427. The summed E-state index contributed by atoms with van der Waals surface area (Å²) in [6.07, 6.45) is 0. The fourth-order valence-electron chi connectivity index (χ4n) is 2.54. The highest BCUT2D eigenvalue weighted by Crippen LogP contribution is 2.36. The second kappa shape index (κ2) is 4.51. The molecule has 0 unspecified atom stereocenters. The van der Waals surface area contributed by atoms with Crippen LogP contribution in [0.15, 0.2) is 28.9 Å². The Balaban J connectivity index is 2.36. The number of para-hydroxylation sites is 1. The lowest BCUT2D eigenvalue weighted by atomic mass is 10.1. The van der Waals surface area contributed by atoms with E-state index in [2.05, 4.69) is 45.0 Å². The fourth-order valence-corrected chi connectivity index (χ4v) is 3.21. The number of halogens is 1. The minimum absolute atomic E-state index is 0.427. The molecule has 3 N–H and O–H groups in total. The van der Waals surface area contributed by atoms with Crippen LogP contribution in [0.25, 0.3) is 22.2 Å². The Morgan fingerprint density at radius 1 is 1.37 bits per heavy atom. The number of benzene rings is 1. The van der Waals surface area contributed by atoms with Crippen molar-refractivity contribution in [3.8, 4) is 11.3 Å². The van der Waals surface area contributed by atoms with Crippen molar-refractivity contribution >= 4 is 26.8 Å². The molecule has 98 valence electrons. The van der Waals surface area contributed by atoms with Crippen LogP contribution >= 0.6 is 15.9 Å². The maximum atomic E-state index is 5.72. The molecule has 0 saturated carbocycles. The molecule has 4 nitrogen and oxygen atoms in total. The average molecular weight is 319 g/mol. The predicted molar refractivity (Wildman–Crippen MR) is 80.8 cm³/mol. The number of aromatic amines is 1. The lowest BCUT2D eigenvalue weighted by molar-refractivity contribution is 0.798. The molecule has 1 aromatic carbocycles. The van der Waals surface area contributed by atoms with Crippen LogP contribution in [0.3, 0.4) is 0 Å². The number of rotatable bonds is 2. The van der Waals surface area contributed by atoms with Crippen molar-refractivity contribution < 1.29 is 0 Å². The van der Waals surface area contributed by atoms with Crippen molar-refractivity contribution in [3.63, 3.8) is 0 Å². The number of hydrogen-bond donors (Lipinski definition) is 2. The predicted octanol–water partition coefficient (Wildman–Crippen LogP) is 3.10. The monoisotopic (exact) mass is 318 g/mol. The van der Waals surface area contributed by atoms with Gasteiger partial charge in [0.25, 0.3) is 0 Å². The van der Waals surface area contributed by atoms with Gasteiger partial charge in [-0.2, -0.15) is 0 Å². The Kier molecular flexibility index (Phi) is 2.95. The third-order valence-electron chi connectivity index (χ3n) is 3.46. The summed E-state index contributed by atoms with van der Waals surface area (Å²) >= 11 is 3.55. The van der Waals surface area contributed by atoms with Gasteiger partial charge in [-0.15, -0.1) is 0 Å². The molecule has 3 rings (SSSR count). The van der Waals surface area contributed by atoms with Gasteiger partial charge in [0.05, 0.1) is 12.2 Å². The maximum absolute atomic E-state index is 5.72. The highest BCUT2D eigenvalue weighted by atomic mass is 79.9. The summed E-state index contributed by atoms with van der Waals surface area (Å²) in [7, 11) is 2.00. The molecule has 0 fully saturated rings. The zero-order valence-electron chi connectivity index (χ0n) is 10.9. The van der Waals surface area contributed by atoms with E-state index in [0.29, 0.717) is 6.54 Å². The highest BCUT2D eigenvalue weighted by Gasteiger charge is 2.19. The SMILES string of the molecule is Cc1[nH]c2ccccc2c1-c1c(Br)nc(CN)n1C. The van der Waals surface area contributed by atoms with Gasteiger partial charge in [0.15, 0.2) is 0 Å². The summed E-state index contributed by atoms with van der Waals surface area (Å²) < 4.78 is 2.88.